The third-order valence-electron chi connectivity index (χ3n) is 13.5. The van der Waals surface area contributed by atoms with Crippen LogP contribution in [0.4, 0.5) is 5.13 Å². The summed E-state index contributed by atoms with van der Waals surface area (Å²) in [7, 11) is 1.57. The fourth-order valence-electron chi connectivity index (χ4n) is 9.45. The molecule has 1 fully saturated rings. The first kappa shape index (κ1) is 54.3. The summed E-state index contributed by atoms with van der Waals surface area (Å²) in [6.45, 7) is 1.42. The van der Waals surface area contributed by atoms with Crippen molar-refractivity contribution >= 4 is 91.1 Å². The lowest BCUT2D eigenvalue weighted by Gasteiger charge is -2.49. The average molecular weight is 1150 g/mol. The fourth-order valence-corrected chi connectivity index (χ4v) is 13.7. The van der Waals surface area contributed by atoms with Crippen molar-refractivity contribution in [1.29, 1.82) is 0 Å². The Morgan fingerprint density at radius 2 is 1.38 bits per heavy atom. The molecule has 0 radical (unpaired) electrons. The molecule has 3 aromatic heterocycles. The van der Waals surface area contributed by atoms with Gasteiger partial charge < -0.3 is 29.7 Å². The van der Waals surface area contributed by atoms with E-state index in [0.717, 1.165) is 42.4 Å². The number of fused-ring (bicyclic) bond motifs is 2. The van der Waals surface area contributed by atoms with Gasteiger partial charge in [0.15, 0.2) is 26.9 Å². The number of nitrogens with one attached hydrogen (secondary N) is 2. The lowest BCUT2D eigenvalue weighted by Crippen LogP contribution is -2.71. The van der Waals surface area contributed by atoms with E-state index in [4.69, 9.17) is 24.0 Å². The molecule has 2 amide bonds. The van der Waals surface area contributed by atoms with Crippen molar-refractivity contribution < 1.29 is 38.2 Å². The highest BCUT2D eigenvalue weighted by Crippen LogP contribution is 2.44. The van der Waals surface area contributed by atoms with Gasteiger partial charge in [0.1, 0.15) is 40.7 Å². The number of rotatable bonds is 21. The van der Waals surface area contributed by atoms with Crippen LogP contribution in [0.1, 0.15) is 52.1 Å². The molecule has 0 saturated carbocycles. The van der Waals surface area contributed by atoms with E-state index in [2.05, 4.69) is 25.8 Å². The van der Waals surface area contributed by atoms with Crippen LogP contribution < -0.4 is 15.4 Å². The second kappa shape index (κ2) is 24.8. The number of esters is 2. The Morgan fingerprint density at radius 3 is 1.98 bits per heavy atom. The van der Waals surface area contributed by atoms with E-state index < -0.39 is 52.9 Å². The molecular weight excluding hydrogens is 1100 g/mol. The summed E-state index contributed by atoms with van der Waals surface area (Å²) in [5.41, 5.74) is 5.22. The van der Waals surface area contributed by atoms with Gasteiger partial charge in [0.2, 0.25) is 6.10 Å². The summed E-state index contributed by atoms with van der Waals surface area (Å²) >= 11 is 5.57. The molecule has 2 aliphatic heterocycles. The van der Waals surface area contributed by atoms with Crippen LogP contribution in [0.15, 0.2) is 220 Å². The number of hydrogen-bond acceptors (Lipinski definition) is 17. The van der Waals surface area contributed by atoms with Gasteiger partial charge in [-0.3, -0.25) is 14.5 Å². The maximum absolute atomic E-state index is 15.0. The minimum atomic E-state index is -1.32. The summed E-state index contributed by atoms with van der Waals surface area (Å²) in [5.74, 6) is -1.45. The van der Waals surface area contributed by atoms with Crippen LogP contribution >= 0.6 is 46.2 Å². The van der Waals surface area contributed by atoms with Crippen molar-refractivity contribution in [1.82, 2.24) is 25.2 Å². The zero-order valence-electron chi connectivity index (χ0n) is 43.6. The number of β-lactam (4-membered cyclic amide) rings is 1. The van der Waals surface area contributed by atoms with Crippen LogP contribution in [-0.2, 0) is 45.6 Å². The number of pyridine rings is 1. The van der Waals surface area contributed by atoms with E-state index in [0.29, 0.717) is 33.6 Å². The summed E-state index contributed by atoms with van der Waals surface area (Å²) in [6.07, 6.45) is -0.401. The van der Waals surface area contributed by atoms with Gasteiger partial charge in [-0.2, -0.15) is 0 Å². The molecule has 9 aromatic rings. The molecule has 15 nitrogen and oxygen atoms in total. The second-order valence-electron chi connectivity index (χ2n) is 18.7. The lowest BCUT2D eigenvalue weighted by molar-refractivity contribution is -0.160. The normalized spacial score (nSPS) is 15.6. The first-order valence-corrected chi connectivity index (χ1v) is 29.5. The zero-order valence-corrected chi connectivity index (χ0v) is 46.9. The van der Waals surface area contributed by atoms with Gasteiger partial charge in [-0.05, 0) is 70.1 Å². The quantitative estimate of drug-likeness (QED) is 0.0173. The van der Waals surface area contributed by atoms with E-state index in [1.807, 2.05) is 164 Å². The van der Waals surface area contributed by atoms with Crippen LogP contribution in [0.3, 0.4) is 0 Å². The third-order valence-corrected chi connectivity index (χ3v) is 17.9. The smallest absolute Gasteiger partial charge is 0.355 e. The first-order valence-electron chi connectivity index (χ1n) is 25.7. The van der Waals surface area contributed by atoms with E-state index in [1.165, 1.54) is 58.0 Å². The Hall–Kier alpha value is -8.62. The molecule has 0 aliphatic carbocycles. The van der Waals surface area contributed by atoms with Crippen LogP contribution in [0, 0.1) is 0 Å². The van der Waals surface area contributed by atoms with Crippen molar-refractivity contribution in [2.45, 2.75) is 47.0 Å². The third kappa shape index (κ3) is 11.8. The maximum Gasteiger partial charge on any atom is 0.355 e. The van der Waals surface area contributed by atoms with Gasteiger partial charge in [0, 0.05) is 23.1 Å². The molecule has 3 atom stereocenters. The van der Waals surface area contributed by atoms with Crippen molar-refractivity contribution in [2.24, 2.45) is 5.16 Å². The van der Waals surface area contributed by atoms with E-state index in [9.17, 15) is 19.2 Å². The average Bonchev–Trinajstić information content (AvgIpc) is 4.29. The number of aromatic nitrogens is 3. The van der Waals surface area contributed by atoms with Gasteiger partial charge >= 0.3 is 11.9 Å². The number of hydrogen-bond donors (Lipinski definition) is 2. The molecule has 19 heteroatoms. The molecule has 2 aliphatic rings. The molecule has 1 saturated heterocycles. The Morgan fingerprint density at radius 1 is 0.778 bits per heavy atom. The lowest BCUT2D eigenvalue weighted by atomic mass is 9.77. The van der Waals surface area contributed by atoms with Crippen molar-refractivity contribution in [2.75, 3.05) is 23.9 Å². The number of thiazole rings is 2. The number of methoxy groups -OCH3 is 1. The summed E-state index contributed by atoms with van der Waals surface area (Å²) < 4.78 is 19.0. The van der Waals surface area contributed by atoms with Crippen LogP contribution in [0.5, 0.6) is 5.75 Å². The standard InChI is InChI=1S/C62H51N7O8S4/c1-39(58(72)76-53(41-19-8-3-9-20-41)42-21-10-4-11-22-42)77-68-50(48-38-79-60(64-48)67-62(44-23-12-5-13-24-44,45-25-14-6-15-26-45)46-27-16-7-17-28-46)55(70)65-51-56(71)69-52(59(73)75-35-40-30-32-47(74-2)33-31-40)43(36-78-57(51)69)37-80-61-66-54-49(81-61)29-18-34-63-54/h3-34,38-39,51,53,57H,35-37H2,1-2H3,(H,64,67)(H,65,70)/b68-50-/t39-,51?,57-/m0/s1. The molecule has 1 unspecified atom stereocenters. The number of carbonyl (C=O) groups excluding carboxylic acids is 4. The summed E-state index contributed by atoms with van der Waals surface area (Å²) in [4.78, 5) is 79.2. The Labute approximate surface area is 483 Å². The molecular formula is C62H51N7O8S4. The molecule has 406 valence electrons. The van der Waals surface area contributed by atoms with Crippen molar-refractivity contribution in [3.05, 3.63) is 250 Å². The number of nitrogens with zero attached hydrogens (tertiary/aromatic N) is 5. The van der Waals surface area contributed by atoms with Crippen LogP contribution in [0.25, 0.3) is 10.3 Å². The number of carbonyl (C=O) groups is 4. The number of anilines is 1. The van der Waals surface area contributed by atoms with Crippen molar-refractivity contribution in [3.8, 4) is 5.75 Å². The highest BCUT2D eigenvalue weighted by Gasteiger charge is 2.55. The highest BCUT2D eigenvalue weighted by molar-refractivity contribution is 8.02. The Kier molecular flexibility index (Phi) is 16.6. The monoisotopic (exact) mass is 1150 g/mol. The zero-order chi connectivity index (χ0) is 55.7. The van der Waals surface area contributed by atoms with Gasteiger partial charge in [0.25, 0.3) is 11.8 Å². The Bertz CT molecular complexity index is 3570. The van der Waals surface area contributed by atoms with E-state index >= 15 is 0 Å². The molecule has 0 bridgehead atoms. The Balaban J connectivity index is 0.896. The number of oxime groups is 1. The van der Waals surface area contributed by atoms with Gasteiger partial charge in [0.05, 0.1) is 11.8 Å². The highest BCUT2D eigenvalue weighted by atomic mass is 32.2. The summed E-state index contributed by atoms with van der Waals surface area (Å²) in [5, 5.41) is 12.4. The SMILES string of the molecule is COc1ccc(COC(=O)C2=C(CSc3nc4ncccc4s3)CS[C@H]3C(NC(=O)/C(=N\O[C@@H](C)C(=O)OC(c4ccccc4)c4ccccc4)c4csc(NC(c5ccccc5)(c5ccccc5)c5ccccc5)n4)C(=O)N23)cc1. The number of amides is 2. The number of thioether (sulfide) groups is 2. The minimum Gasteiger partial charge on any atom is -0.497 e. The number of ether oxygens (including phenoxy) is 3. The first-order chi connectivity index (χ1) is 39.7. The largest absolute Gasteiger partial charge is 0.497 e. The minimum absolute atomic E-state index is 0.0606. The van der Waals surface area contributed by atoms with Gasteiger partial charge in [-0.1, -0.05) is 181 Å². The maximum atomic E-state index is 15.0. The molecule has 81 heavy (non-hydrogen) atoms. The predicted molar refractivity (Wildman–Crippen MR) is 316 cm³/mol. The molecule has 11 rings (SSSR count). The topological polar surface area (TPSA) is 184 Å². The molecule has 5 heterocycles. The van der Waals surface area contributed by atoms with Crippen LogP contribution in [-0.4, -0.2) is 85.5 Å². The van der Waals surface area contributed by atoms with Crippen molar-refractivity contribution in [3.63, 3.8) is 0 Å². The summed E-state index contributed by atoms with van der Waals surface area (Å²) in [6, 6.07) is 58.5. The fraction of sp³-hybridized carbons (Fsp3) is 0.161. The molecule has 6 aromatic carbocycles. The van der Waals surface area contributed by atoms with Gasteiger partial charge in [-0.25, -0.2) is 24.5 Å². The van der Waals surface area contributed by atoms with E-state index in [1.54, 1.807) is 43.0 Å². The second-order valence-corrected chi connectivity index (χ2v) is 22.9. The number of benzene rings is 6. The van der Waals surface area contributed by atoms with Gasteiger partial charge in [-0.15, -0.1) is 34.4 Å². The van der Waals surface area contributed by atoms with E-state index in [-0.39, 0.29) is 23.7 Å². The predicted octanol–water partition coefficient (Wildman–Crippen LogP) is 11.2. The molecule has 0 spiro atoms. The molecule has 2 N–H and O–H groups in total. The van der Waals surface area contributed by atoms with Crippen LogP contribution in [0.2, 0.25) is 0 Å².